The van der Waals surface area contributed by atoms with Gasteiger partial charge in [-0.05, 0) is 23.6 Å². The Morgan fingerprint density at radius 3 is 2.45 bits per heavy atom. The molecule has 0 aliphatic heterocycles. The van der Waals surface area contributed by atoms with Crippen LogP contribution in [-0.2, 0) is 16.0 Å². The lowest BCUT2D eigenvalue weighted by Gasteiger charge is -2.18. The van der Waals surface area contributed by atoms with Gasteiger partial charge in [0, 0.05) is 0 Å². The number of hydrogen-bond acceptors (Lipinski definition) is 3. The van der Waals surface area contributed by atoms with Crippen LogP contribution in [0.4, 0.5) is 13.2 Å². The number of rotatable bonds is 6. The van der Waals surface area contributed by atoms with E-state index in [0.717, 1.165) is 12.1 Å². The number of amides is 1. The highest BCUT2D eigenvalue weighted by atomic mass is 19.4. The molecule has 1 aromatic rings. The maximum absolute atomic E-state index is 12.1. The predicted octanol–water partition coefficient (Wildman–Crippen LogP) is 2.35. The number of carboxylic acids is 1. The number of carboxylic acid groups (broad SMARTS) is 1. The van der Waals surface area contributed by atoms with Gasteiger partial charge in [-0.15, -0.1) is 13.2 Å². The van der Waals surface area contributed by atoms with Crippen molar-refractivity contribution in [3.8, 4) is 5.75 Å². The molecule has 0 aliphatic rings. The molecule has 0 fully saturated rings. The maximum Gasteiger partial charge on any atom is 0.573 e. The number of ether oxygens (including phenoxy) is 1. The number of hydrogen-bond donors (Lipinski definition) is 2. The Morgan fingerprint density at radius 1 is 1.32 bits per heavy atom. The van der Waals surface area contributed by atoms with Crippen LogP contribution in [0.3, 0.4) is 0 Å². The summed E-state index contributed by atoms with van der Waals surface area (Å²) in [5.41, 5.74) is 0.284. The lowest BCUT2D eigenvalue weighted by atomic mass is 10.0. The van der Waals surface area contributed by atoms with E-state index in [-0.39, 0.29) is 17.9 Å². The number of carbonyl (C=O) groups is 2. The first-order valence-electron chi connectivity index (χ1n) is 6.45. The summed E-state index contributed by atoms with van der Waals surface area (Å²) in [6.45, 7) is 3.27. The smallest absolute Gasteiger partial charge is 0.480 e. The summed E-state index contributed by atoms with van der Waals surface area (Å²) in [4.78, 5) is 22.8. The third kappa shape index (κ3) is 6.02. The fraction of sp³-hybridized carbons (Fsp3) is 0.429. The molecular formula is C14H16F3NO4. The van der Waals surface area contributed by atoms with Crippen molar-refractivity contribution in [2.45, 2.75) is 32.7 Å². The summed E-state index contributed by atoms with van der Waals surface area (Å²) < 4.78 is 40.1. The van der Waals surface area contributed by atoms with Crippen LogP contribution in [0.5, 0.6) is 5.75 Å². The number of nitrogens with one attached hydrogen (secondary N) is 1. The Hall–Kier alpha value is -2.25. The minimum absolute atomic E-state index is 0.244. The van der Waals surface area contributed by atoms with Crippen molar-refractivity contribution in [2.75, 3.05) is 0 Å². The number of aliphatic carboxylic acids is 1. The monoisotopic (exact) mass is 319 g/mol. The molecular weight excluding hydrogens is 303 g/mol. The van der Waals surface area contributed by atoms with Crippen molar-refractivity contribution in [2.24, 2.45) is 5.92 Å². The molecule has 0 saturated carbocycles. The minimum atomic E-state index is -4.81. The van der Waals surface area contributed by atoms with Crippen LogP contribution in [0.2, 0.25) is 0 Å². The average Bonchev–Trinajstić information content (AvgIpc) is 2.33. The molecule has 1 amide bonds. The first-order chi connectivity index (χ1) is 10.1. The van der Waals surface area contributed by atoms with Gasteiger partial charge in [0.15, 0.2) is 0 Å². The molecule has 0 aromatic heterocycles. The molecule has 0 radical (unpaired) electrons. The van der Waals surface area contributed by atoms with Gasteiger partial charge in [-0.25, -0.2) is 4.79 Å². The van der Waals surface area contributed by atoms with Crippen molar-refractivity contribution in [3.05, 3.63) is 29.8 Å². The molecule has 0 bridgehead atoms. The SMILES string of the molecule is CC(C)[C@@H](NC(=O)Cc1cccc(OC(F)(F)F)c1)C(=O)O. The van der Waals surface area contributed by atoms with Crippen molar-refractivity contribution >= 4 is 11.9 Å². The van der Waals surface area contributed by atoms with Gasteiger partial charge >= 0.3 is 12.3 Å². The molecule has 5 nitrogen and oxygen atoms in total. The number of halogens is 3. The van der Waals surface area contributed by atoms with E-state index < -0.39 is 30.0 Å². The van der Waals surface area contributed by atoms with Crippen molar-refractivity contribution in [1.82, 2.24) is 5.32 Å². The lowest BCUT2D eigenvalue weighted by molar-refractivity contribution is -0.274. The molecule has 1 rings (SSSR count). The summed E-state index contributed by atoms with van der Waals surface area (Å²) in [6.07, 6.45) is -5.06. The topological polar surface area (TPSA) is 75.6 Å². The number of alkyl halides is 3. The van der Waals surface area contributed by atoms with Crippen LogP contribution in [0.1, 0.15) is 19.4 Å². The highest BCUT2D eigenvalue weighted by molar-refractivity contribution is 5.85. The van der Waals surface area contributed by atoms with Crippen LogP contribution in [0.15, 0.2) is 24.3 Å². The van der Waals surface area contributed by atoms with E-state index in [0.29, 0.717) is 0 Å². The van der Waals surface area contributed by atoms with Crippen LogP contribution in [0, 0.1) is 5.92 Å². The van der Waals surface area contributed by atoms with Gasteiger partial charge in [0.1, 0.15) is 11.8 Å². The Morgan fingerprint density at radius 2 is 1.95 bits per heavy atom. The summed E-state index contributed by atoms with van der Waals surface area (Å²) in [5.74, 6) is -2.51. The van der Waals surface area contributed by atoms with E-state index >= 15 is 0 Å². The molecule has 0 heterocycles. The Balaban J connectivity index is 2.72. The number of carbonyl (C=O) groups excluding carboxylic acids is 1. The third-order valence-electron chi connectivity index (χ3n) is 2.75. The van der Waals surface area contributed by atoms with Crippen molar-refractivity contribution in [3.63, 3.8) is 0 Å². The Labute approximate surface area is 125 Å². The second-order valence-electron chi connectivity index (χ2n) is 5.00. The molecule has 1 atom stereocenters. The van der Waals surface area contributed by atoms with Gasteiger partial charge in [-0.2, -0.15) is 0 Å². The quantitative estimate of drug-likeness (QED) is 0.844. The van der Waals surface area contributed by atoms with Gasteiger partial charge in [-0.1, -0.05) is 26.0 Å². The normalized spacial score (nSPS) is 12.8. The van der Waals surface area contributed by atoms with E-state index in [2.05, 4.69) is 10.1 Å². The largest absolute Gasteiger partial charge is 0.573 e. The lowest BCUT2D eigenvalue weighted by Crippen LogP contribution is -2.44. The molecule has 0 spiro atoms. The van der Waals surface area contributed by atoms with Crippen molar-refractivity contribution < 1.29 is 32.6 Å². The van der Waals surface area contributed by atoms with E-state index in [9.17, 15) is 22.8 Å². The summed E-state index contributed by atoms with van der Waals surface area (Å²) in [5, 5.41) is 11.3. The predicted molar refractivity (Wildman–Crippen MR) is 71.2 cm³/mol. The zero-order chi connectivity index (χ0) is 16.9. The zero-order valence-corrected chi connectivity index (χ0v) is 12.0. The van der Waals surface area contributed by atoms with Crippen LogP contribution >= 0.6 is 0 Å². The molecule has 1 aromatic carbocycles. The highest BCUT2D eigenvalue weighted by Gasteiger charge is 2.31. The van der Waals surface area contributed by atoms with Gasteiger partial charge in [0.25, 0.3) is 0 Å². The van der Waals surface area contributed by atoms with Crippen molar-refractivity contribution in [1.29, 1.82) is 0 Å². The Bertz CT molecular complexity index is 543. The third-order valence-corrected chi connectivity index (χ3v) is 2.75. The molecule has 0 unspecified atom stereocenters. The van der Waals surface area contributed by atoms with E-state index in [1.54, 1.807) is 13.8 Å². The highest BCUT2D eigenvalue weighted by Crippen LogP contribution is 2.23. The van der Waals surface area contributed by atoms with E-state index in [1.807, 2.05) is 0 Å². The Kier molecular flexibility index (Phi) is 5.78. The van der Waals surface area contributed by atoms with Crippen LogP contribution < -0.4 is 10.1 Å². The minimum Gasteiger partial charge on any atom is -0.480 e. The molecule has 0 saturated heterocycles. The van der Waals surface area contributed by atoms with Crippen LogP contribution in [0.25, 0.3) is 0 Å². The maximum atomic E-state index is 12.1. The molecule has 8 heteroatoms. The van der Waals surface area contributed by atoms with Gasteiger partial charge in [0.05, 0.1) is 6.42 Å². The van der Waals surface area contributed by atoms with Gasteiger partial charge in [-0.3, -0.25) is 4.79 Å². The summed E-state index contributed by atoms with van der Waals surface area (Å²) in [6, 6.07) is 3.91. The molecule has 0 aliphatic carbocycles. The number of benzene rings is 1. The fourth-order valence-corrected chi connectivity index (χ4v) is 1.78. The van der Waals surface area contributed by atoms with E-state index in [1.165, 1.54) is 12.1 Å². The van der Waals surface area contributed by atoms with Gasteiger partial charge in [0.2, 0.25) is 5.91 Å². The molecule has 22 heavy (non-hydrogen) atoms. The van der Waals surface area contributed by atoms with Crippen LogP contribution in [-0.4, -0.2) is 29.4 Å². The standard InChI is InChI=1S/C14H16F3NO4/c1-8(2)12(13(20)21)18-11(19)7-9-4-3-5-10(6-9)22-14(15,16)17/h3-6,8,12H,7H2,1-2H3,(H,18,19)(H,20,21)/t12-/m1/s1. The molecule has 2 N–H and O–H groups in total. The first kappa shape index (κ1) is 17.8. The molecule has 122 valence electrons. The summed E-state index contributed by atoms with van der Waals surface area (Å²) in [7, 11) is 0. The second-order valence-corrected chi connectivity index (χ2v) is 5.00. The average molecular weight is 319 g/mol. The first-order valence-corrected chi connectivity index (χ1v) is 6.45. The fourth-order valence-electron chi connectivity index (χ4n) is 1.78. The zero-order valence-electron chi connectivity index (χ0n) is 12.0. The van der Waals surface area contributed by atoms with E-state index in [4.69, 9.17) is 5.11 Å². The second kappa shape index (κ2) is 7.15. The van der Waals surface area contributed by atoms with Gasteiger partial charge < -0.3 is 15.2 Å². The summed E-state index contributed by atoms with van der Waals surface area (Å²) >= 11 is 0.